The minimum absolute atomic E-state index is 0.468. The average Bonchev–Trinajstić information content (AvgIpc) is 2.51. The molecule has 2 aromatic rings. The Hall–Kier alpha value is -2.73. The van der Waals surface area contributed by atoms with Gasteiger partial charge in [0, 0.05) is 17.7 Å². The summed E-state index contributed by atoms with van der Waals surface area (Å²) in [7, 11) is 0. The first-order chi connectivity index (χ1) is 10.2. The van der Waals surface area contributed by atoms with Gasteiger partial charge in [0.1, 0.15) is 0 Å². The number of carbonyl (C=O) groups is 1. The van der Waals surface area contributed by atoms with Crippen LogP contribution < -0.4 is 5.32 Å². The molecule has 0 fully saturated rings. The van der Waals surface area contributed by atoms with Crippen molar-refractivity contribution in [3.05, 3.63) is 71.3 Å². The number of hydrogen-bond donors (Lipinski definition) is 2. The van der Waals surface area contributed by atoms with Crippen molar-refractivity contribution in [2.75, 3.05) is 6.54 Å². The molecule has 0 aliphatic rings. The molecule has 0 saturated heterocycles. The molecule has 0 radical (unpaired) electrons. The molecule has 2 rings (SSSR count). The summed E-state index contributed by atoms with van der Waals surface area (Å²) in [4.78, 5) is 10.4. The van der Waals surface area contributed by atoms with Crippen molar-refractivity contribution in [3.8, 4) is 11.8 Å². The third-order valence-corrected chi connectivity index (χ3v) is 2.97. The van der Waals surface area contributed by atoms with Crippen LogP contribution in [0.25, 0.3) is 0 Å². The zero-order valence-electron chi connectivity index (χ0n) is 11.7. The lowest BCUT2D eigenvalue weighted by Gasteiger charge is -2.02. The lowest BCUT2D eigenvalue weighted by molar-refractivity contribution is 0.194. The van der Waals surface area contributed by atoms with Gasteiger partial charge < -0.3 is 10.4 Å². The fourth-order valence-corrected chi connectivity index (χ4v) is 1.96. The third-order valence-electron chi connectivity index (χ3n) is 2.97. The Balaban J connectivity index is 1.95. The van der Waals surface area contributed by atoms with Crippen LogP contribution in [-0.4, -0.2) is 17.7 Å². The fourth-order valence-electron chi connectivity index (χ4n) is 1.96. The Morgan fingerprint density at radius 2 is 1.71 bits per heavy atom. The minimum Gasteiger partial charge on any atom is -0.465 e. The summed E-state index contributed by atoms with van der Waals surface area (Å²) in [6, 6.07) is 17.9. The Morgan fingerprint density at radius 3 is 2.48 bits per heavy atom. The van der Waals surface area contributed by atoms with E-state index in [0.29, 0.717) is 6.54 Å². The molecule has 1 amide bonds. The molecule has 21 heavy (non-hydrogen) atoms. The van der Waals surface area contributed by atoms with Crippen molar-refractivity contribution in [1.82, 2.24) is 5.32 Å². The van der Waals surface area contributed by atoms with Crippen molar-refractivity contribution >= 4 is 6.09 Å². The first-order valence-corrected chi connectivity index (χ1v) is 6.87. The molecule has 106 valence electrons. The summed E-state index contributed by atoms with van der Waals surface area (Å²) in [6.07, 6.45) is 0.640. The molecule has 0 saturated carbocycles. The molecule has 0 heterocycles. The molecular weight excluding hydrogens is 262 g/mol. The Labute approximate surface area is 124 Å². The summed E-state index contributed by atoms with van der Waals surface area (Å²) < 4.78 is 0. The first kappa shape index (κ1) is 14.7. The fraction of sp³-hybridized carbons (Fsp3) is 0.167. The van der Waals surface area contributed by atoms with Crippen LogP contribution in [-0.2, 0) is 6.42 Å². The molecule has 0 aromatic heterocycles. The van der Waals surface area contributed by atoms with Gasteiger partial charge in [-0.1, -0.05) is 42.2 Å². The van der Waals surface area contributed by atoms with Gasteiger partial charge in [0.2, 0.25) is 0 Å². The van der Waals surface area contributed by atoms with Crippen molar-refractivity contribution in [2.45, 2.75) is 12.8 Å². The second-order valence-electron chi connectivity index (χ2n) is 4.65. The summed E-state index contributed by atoms with van der Waals surface area (Å²) in [5, 5.41) is 10.9. The minimum atomic E-state index is -0.975. The highest BCUT2D eigenvalue weighted by Gasteiger charge is 1.97. The van der Waals surface area contributed by atoms with Gasteiger partial charge in [-0.3, -0.25) is 0 Å². The lowest BCUT2D eigenvalue weighted by atomic mass is 10.1. The van der Waals surface area contributed by atoms with Gasteiger partial charge in [-0.25, -0.2) is 4.79 Å². The van der Waals surface area contributed by atoms with Crippen LogP contribution in [0.2, 0.25) is 0 Å². The Bertz CT molecular complexity index is 654. The molecule has 0 spiro atoms. The number of benzene rings is 2. The average molecular weight is 279 g/mol. The molecule has 3 heteroatoms. The zero-order valence-corrected chi connectivity index (χ0v) is 11.7. The molecule has 3 nitrogen and oxygen atoms in total. The molecule has 0 unspecified atom stereocenters. The van der Waals surface area contributed by atoms with E-state index in [1.807, 2.05) is 48.5 Å². The number of rotatable bonds is 4. The van der Waals surface area contributed by atoms with Crippen LogP contribution in [0.5, 0.6) is 0 Å². The largest absolute Gasteiger partial charge is 0.465 e. The molecular formula is C18H17NO2. The maximum Gasteiger partial charge on any atom is 0.404 e. The van der Waals surface area contributed by atoms with Gasteiger partial charge in [0.05, 0.1) is 0 Å². The van der Waals surface area contributed by atoms with Crippen LogP contribution >= 0.6 is 0 Å². The van der Waals surface area contributed by atoms with E-state index in [-0.39, 0.29) is 0 Å². The van der Waals surface area contributed by atoms with Crippen molar-refractivity contribution in [3.63, 3.8) is 0 Å². The molecule has 2 N–H and O–H groups in total. The van der Waals surface area contributed by atoms with Gasteiger partial charge >= 0.3 is 6.09 Å². The van der Waals surface area contributed by atoms with E-state index in [2.05, 4.69) is 23.2 Å². The first-order valence-electron chi connectivity index (χ1n) is 6.87. The molecule has 2 aromatic carbocycles. The van der Waals surface area contributed by atoms with Crippen molar-refractivity contribution < 1.29 is 9.90 Å². The third kappa shape index (κ3) is 5.42. The second kappa shape index (κ2) is 7.76. The number of amides is 1. The predicted octanol–water partition coefficient (Wildman–Crippen LogP) is 3.29. The number of hydrogen-bond acceptors (Lipinski definition) is 1. The van der Waals surface area contributed by atoms with Crippen LogP contribution in [0.3, 0.4) is 0 Å². The summed E-state index contributed by atoms with van der Waals surface area (Å²) in [5.74, 6) is 6.28. The smallest absolute Gasteiger partial charge is 0.404 e. The van der Waals surface area contributed by atoms with Crippen LogP contribution in [0.15, 0.2) is 54.6 Å². The monoisotopic (exact) mass is 279 g/mol. The van der Waals surface area contributed by atoms with E-state index in [0.717, 1.165) is 24.0 Å². The Morgan fingerprint density at radius 1 is 1.00 bits per heavy atom. The molecule has 0 aliphatic carbocycles. The molecule has 0 aliphatic heterocycles. The van der Waals surface area contributed by atoms with E-state index in [1.54, 1.807) is 0 Å². The predicted molar refractivity (Wildman–Crippen MR) is 83.2 cm³/mol. The maximum absolute atomic E-state index is 10.4. The van der Waals surface area contributed by atoms with Gasteiger partial charge in [-0.2, -0.15) is 0 Å². The van der Waals surface area contributed by atoms with Gasteiger partial charge in [0.15, 0.2) is 0 Å². The van der Waals surface area contributed by atoms with Crippen molar-refractivity contribution in [2.24, 2.45) is 0 Å². The number of aryl methyl sites for hydroxylation is 1. The summed E-state index contributed by atoms with van der Waals surface area (Å²) >= 11 is 0. The second-order valence-corrected chi connectivity index (χ2v) is 4.65. The highest BCUT2D eigenvalue weighted by Crippen LogP contribution is 2.07. The van der Waals surface area contributed by atoms with Crippen LogP contribution in [0, 0.1) is 11.8 Å². The van der Waals surface area contributed by atoms with Crippen LogP contribution in [0.1, 0.15) is 23.1 Å². The maximum atomic E-state index is 10.4. The lowest BCUT2D eigenvalue weighted by Crippen LogP contribution is -2.22. The zero-order chi connectivity index (χ0) is 14.9. The van der Waals surface area contributed by atoms with E-state index in [1.165, 1.54) is 5.56 Å². The van der Waals surface area contributed by atoms with Gasteiger partial charge in [-0.15, -0.1) is 0 Å². The summed E-state index contributed by atoms with van der Waals surface area (Å²) in [6.45, 7) is 0.468. The standard InChI is InChI=1S/C18H17NO2/c20-18(21)19-13-5-10-16-8-4-9-17(14-16)12-11-15-6-2-1-3-7-15/h1-4,6-9,14,19H,5,10,13H2,(H,20,21). The van der Waals surface area contributed by atoms with E-state index < -0.39 is 6.09 Å². The highest BCUT2D eigenvalue weighted by molar-refractivity contribution is 5.64. The van der Waals surface area contributed by atoms with E-state index in [9.17, 15) is 4.79 Å². The SMILES string of the molecule is O=C(O)NCCCc1cccc(C#Cc2ccccc2)c1. The van der Waals surface area contributed by atoms with Crippen molar-refractivity contribution in [1.29, 1.82) is 0 Å². The molecule has 0 atom stereocenters. The molecule has 0 bridgehead atoms. The topological polar surface area (TPSA) is 49.3 Å². The van der Waals surface area contributed by atoms with E-state index in [4.69, 9.17) is 5.11 Å². The highest BCUT2D eigenvalue weighted by atomic mass is 16.4. The van der Waals surface area contributed by atoms with E-state index >= 15 is 0 Å². The normalized spacial score (nSPS) is 9.52. The van der Waals surface area contributed by atoms with Gasteiger partial charge in [0.25, 0.3) is 0 Å². The number of nitrogens with one attached hydrogen (secondary N) is 1. The Kier molecular flexibility index (Phi) is 5.42. The quantitative estimate of drug-likeness (QED) is 0.666. The van der Waals surface area contributed by atoms with Gasteiger partial charge in [-0.05, 0) is 42.7 Å². The number of carboxylic acid groups (broad SMARTS) is 1. The summed E-state index contributed by atoms with van der Waals surface area (Å²) in [5.41, 5.74) is 3.14. The van der Waals surface area contributed by atoms with Crippen LogP contribution in [0.4, 0.5) is 4.79 Å².